The van der Waals surface area contributed by atoms with E-state index < -0.39 is 11.9 Å². The number of carbonyl (C=O) groups excluding carboxylic acids is 1. The highest BCUT2D eigenvalue weighted by atomic mass is 32.1. The summed E-state index contributed by atoms with van der Waals surface area (Å²) in [5, 5.41) is 0.760. The highest BCUT2D eigenvalue weighted by Crippen LogP contribution is 2.44. The molecule has 3 aromatic rings. The summed E-state index contributed by atoms with van der Waals surface area (Å²) in [5.41, 5.74) is 7.27. The highest BCUT2D eigenvalue weighted by molar-refractivity contribution is 7.16. The van der Waals surface area contributed by atoms with Gasteiger partial charge in [0.1, 0.15) is 17.9 Å². The maximum atomic E-state index is 13.1. The molecule has 7 nitrogen and oxygen atoms in total. The molecular formula is C21H18N2O5S. The molecule has 1 atom stereocenters. The van der Waals surface area contributed by atoms with Crippen LogP contribution >= 0.6 is 11.3 Å². The van der Waals surface area contributed by atoms with E-state index in [4.69, 9.17) is 19.9 Å². The number of carbonyl (C=O) groups is 1. The molecule has 2 N–H and O–H groups in total. The second-order valence-electron chi connectivity index (χ2n) is 6.36. The minimum Gasteiger partial charge on any atom is -0.460 e. The number of methoxy groups -OCH3 is 1. The van der Waals surface area contributed by atoms with Crippen molar-refractivity contribution in [3.63, 3.8) is 0 Å². The van der Waals surface area contributed by atoms with Gasteiger partial charge in [0.2, 0.25) is 10.6 Å². The lowest BCUT2D eigenvalue weighted by molar-refractivity contribution is -0.140. The number of nitrogens with two attached hydrogens (primary N) is 1. The van der Waals surface area contributed by atoms with E-state index in [1.807, 2.05) is 24.3 Å². The Labute approximate surface area is 170 Å². The van der Waals surface area contributed by atoms with E-state index in [1.54, 1.807) is 24.5 Å². The third kappa shape index (κ3) is 3.48. The van der Waals surface area contributed by atoms with Crippen LogP contribution in [0, 0.1) is 0 Å². The van der Waals surface area contributed by atoms with Crippen LogP contribution in [0.1, 0.15) is 17.0 Å². The highest BCUT2D eigenvalue weighted by Gasteiger charge is 2.38. The van der Waals surface area contributed by atoms with Crippen LogP contribution in [0.25, 0.3) is 10.1 Å². The van der Waals surface area contributed by atoms with E-state index in [0.29, 0.717) is 16.9 Å². The number of pyridine rings is 1. The molecular weight excluding hydrogens is 392 g/mol. The number of hydrogen-bond donors (Lipinski definition) is 1. The smallest absolute Gasteiger partial charge is 0.340 e. The number of hydrogen-bond acceptors (Lipinski definition) is 8. The van der Waals surface area contributed by atoms with Crippen LogP contribution in [0.15, 0.2) is 65.0 Å². The fraction of sp³-hybridized carbons (Fsp3) is 0.190. The van der Waals surface area contributed by atoms with E-state index in [1.165, 1.54) is 7.11 Å². The van der Waals surface area contributed by atoms with Crippen LogP contribution < -0.4 is 15.2 Å². The lowest BCUT2D eigenvalue weighted by atomic mass is 9.84. The van der Waals surface area contributed by atoms with Gasteiger partial charge < -0.3 is 19.9 Å². The van der Waals surface area contributed by atoms with E-state index >= 15 is 0 Å². The van der Waals surface area contributed by atoms with Gasteiger partial charge in [0.15, 0.2) is 0 Å². The number of benzene rings is 1. The summed E-state index contributed by atoms with van der Waals surface area (Å²) < 4.78 is 16.6. The Morgan fingerprint density at radius 3 is 2.83 bits per heavy atom. The van der Waals surface area contributed by atoms with Gasteiger partial charge in [0.25, 0.3) is 0 Å². The Kier molecular flexibility index (Phi) is 5.28. The molecule has 0 saturated carbocycles. The van der Waals surface area contributed by atoms with Crippen LogP contribution in [0.4, 0.5) is 0 Å². The molecule has 3 heterocycles. The summed E-state index contributed by atoms with van der Waals surface area (Å²) in [4.78, 5) is 30.1. The molecule has 0 saturated heterocycles. The zero-order chi connectivity index (χ0) is 20.4. The monoisotopic (exact) mass is 410 g/mol. The molecule has 148 valence electrons. The molecule has 1 aliphatic heterocycles. The zero-order valence-corrected chi connectivity index (χ0v) is 16.4. The van der Waals surface area contributed by atoms with Gasteiger partial charge in [-0.25, -0.2) is 4.79 Å². The van der Waals surface area contributed by atoms with E-state index in [0.717, 1.165) is 21.4 Å². The maximum absolute atomic E-state index is 13.1. The van der Waals surface area contributed by atoms with Crippen molar-refractivity contribution in [3.8, 4) is 5.75 Å². The molecule has 0 unspecified atom stereocenters. The largest absolute Gasteiger partial charge is 0.460 e. The Morgan fingerprint density at radius 1 is 1.24 bits per heavy atom. The molecule has 0 amide bonds. The van der Waals surface area contributed by atoms with Gasteiger partial charge in [-0.15, -0.1) is 0 Å². The van der Waals surface area contributed by atoms with Crippen LogP contribution in [0.5, 0.6) is 5.75 Å². The first kappa shape index (κ1) is 19.1. The van der Waals surface area contributed by atoms with Crippen molar-refractivity contribution in [2.75, 3.05) is 20.3 Å². The fourth-order valence-corrected chi connectivity index (χ4v) is 4.28. The quantitative estimate of drug-likeness (QED) is 0.509. The molecule has 0 fully saturated rings. The van der Waals surface area contributed by atoms with E-state index in [2.05, 4.69) is 4.98 Å². The number of ether oxygens (including phenoxy) is 3. The van der Waals surface area contributed by atoms with Crippen molar-refractivity contribution in [2.45, 2.75) is 5.92 Å². The lowest BCUT2D eigenvalue weighted by Gasteiger charge is -2.28. The van der Waals surface area contributed by atoms with Crippen LogP contribution in [0.2, 0.25) is 0 Å². The average Bonchev–Trinajstić information content (AvgIpc) is 2.73. The minimum atomic E-state index is -0.740. The third-order valence-electron chi connectivity index (χ3n) is 4.61. The molecule has 8 heteroatoms. The number of fused-ring (bicyclic) bond motifs is 3. The Morgan fingerprint density at radius 2 is 2.07 bits per heavy atom. The van der Waals surface area contributed by atoms with Crippen molar-refractivity contribution < 1.29 is 19.0 Å². The molecule has 0 radical (unpaired) electrons. The summed E-state index contributed by atoms with van der Waals surface area (Å²) in [6.45, 7) is 0.302. The molecule has 4 rings (SSSR count). The van der Waals surface area contributed by atoms with Gasteiger partial charge in [-0.3, -0.25) is 9.78 Å². The SMILES string of the molecule is COCCOC(=O)C1=C(N)Oc2c(c(=O)sc3ccccc23)[C@H]1c1cccnc1. The molecule has 1 aliphatic rings. The number of aromatic nitrogens is 1. The van der Waals surface area contributed by atoms with E-state index in [9.17, 15) is 9.59 Å². The molecule has 0 aliphatic carbocycles. The Bertz CT molecular complexity index is 1160. The Balaban J connectivity index is 1.93. The van der Waals surface area contributed by atoms with Gasteiger partial charge in [-0.05, 0) is 23.8 Å². The maximum Gasteiger partial charge on any atom is 0.340 e. The van der Waals surface area contributed by atoms with Crippen LogP contribution in [0.3, 0.4) is 0 Å². The number of rotatable bonds is 5. The van der Waals surface area contributed by atoms with Gasteiger partial charge in [0.05, 0.1) is 18.1 Å². The summed E-state index contributed by atoms with van der Waals surface area (Å²) in [6, 6.07) is 10.9. The van der Waals surface area contributed by atoms with Crippen molar-refractivity contribution in [1.29, 1.82) is 0 Å². The summed E-state index contributed by atoms with van der Waals surface area (Å²) in [7, 11) is 1.51. The first-order valence-electron chi connectivity index (χ1n) is 8.91. The predicted molar refractivity (Wildman–Crippen MR) is 109 cm³/mol. The van der Waals surface area contributed by atoms with Crippen molar-refractivity contribution in [2.24, 2.45) is 5.73 Å². The van der Waals surface area contributed by atoms with Crippen molar-refractivity contribution >= 4 is 27.4 Å². The Hall–Kier alpha value is -3.23. The number of esters is 1. The normalized spacial score (nSPS) is 15.7. The topological polar surface area (TPSA) is 101 Å². The third-order valence-corrected chi connectivity index (χ3v) is 5.59. The molecule has 2 aromatic heterocycles. The van der Waals surface area contributed by atoms with Crippen LogP contribution in [-0.4, -0.2) is 31.3 Å². The van der Waals surface area contributed by atoms with Crippen LogP contribution in [-0.2, 0) is 14.3 Å². The minimum absolute atomic E-state index is 0.0588. The van der Waals surface area contributed by atoms with Gasteiger partial charge in [-0.2, -0.15) is 0 Å². The number of nitrogens with zero attached hydrogens (tertiary/aromatic N) is 1. The first-order valence-corrected chi connectivity index (χ1v) is 9.72. The van der Waals surface area contributed by atoms with E-state index in [-0.39, 0.29) is 29.4 Å². The average molecular weight is 410 g/mol. The molecule has 29 heavy (non-hydrogen) atoms. The first-order chi connectivity index (χ1) is 14.1. The predicted octanol–water partition coefficient (Wildman–Crippen LogP) is 2.54. The van der Waals surface area contributed by atoms with Gasteiger partial charge in [0, 0.05) is 29.6 Å². The van der Waals surface area contributed by atoms with Gasteiger partial charge >= 0.3 is 5.97 Å². The molecule has 0 bridgehead atoms. The van der Waals surface area contributed by atoms with Gasteiger partial charge in [-0.1, -0.05) is 29.5 Å². The summed E-state index contributed by atoms with van der Waals surface area (Å²) in [6.07, 6.45) is 3.23. The molecule has 1 aromatic carbocycles. The summed E-state index contributed by atoms with van der Waals surface area (Å²) in [5.74, 6) is -1.12. The zero-order valence-electron chi connectivity index (χ0n) is 15.6. The lowest BCUT2D eigenvalue weighted by Crippen LogP contribution is -2.31. The molecule has 0 spiro atoms. The fourth-order valence-electron chi connectivity index (χ4n) is 3.34. The second kappa shape index (κ2) is 8.02. The standard InChI is InChI=1S/C21H18N2O5S/c1-26-9-10-27-20(24)17-15(12-5-4-8-23-11-12)16-18(28-19(17)22)13-6-2-3-7-14(13)29-21(16)25/h2-8,11,15H,9-10,22H2,1H3/t15-/m1/s1. The van der Waals surface area contributed by atoms with Crippen molar-refractivity contribution in [1.82, 2.24) is 4.98 Å². The van der Waals surface area contributed by atoms with Crippen molar-refractivity contribution in [3.05, 3.63) is 80.9 Å². The summed E-state index contributed by atoms with van der Waals surface area (Å²) >= 11 is 1.10. The second-order valence-corrected chi connectivity index (χ2v) is 7.37.